The van der Waals surface area contributed by atoms with Crippen LogP contribution in [0.1, 0.15) is 0 Å². The Morgan fingerprint density at radius 1 is 0.700 bits per heavy atom. The molecule has 30 heavy (non-hydrogen) atoms. The molecule has 0 spiro atoms. The second-order valence-corrected chi connectivity index (χ2v) is 10.9. The first-order valence-electron chi connectivity index (χ1n) is 9.15. The fraction of sp³-hybridized carbons (Fsp3) is 0.0833. The maximum Gasteiger partial charge on any atom is 0.0504 e. The standard InChI is InChI=1S/C24H18BrClO2S2/c1-29(27)21-7-3-5-19(25)23(21)16-11-9-15-10-12-17(14-18(15)13-16)24-20(26)6-4-8-22(24)30(2)28/h3-14H,1-2H3. The van der Waals surface area contributed by atoms with Gasteiger partial charge >= 0.3 is 0 Å². The van der Waals surface area contributed by atoms with E-state index in [1.165, 1.54) is 0 Å². The molecule has 0 fully saturated rings. The zero-order chi connectivity index (χ0) is 21.4. The topological polar surface area (TPSA) is 34.1 Å². The predicted molar refractivity (Wildman–Crippen MR) is 132 cm³/mol. The summed E-state index contributed by atoms with van der Waals surface area (Å²) in [5.41, 5.74) is 3.62. The lowest BCUT2D eigenvalue weighted by atomic mass is 9.97. The van der Waals surface area contributed by atoms with Crippen LogP contribution in [-0.2, 0) is 21.6 Å². The Hall–Kier alpha value is -1.79. The first kappa shape index (κ1) is 21.4. The smallest absolute Gasteiger partial charge is 0.0504 e. The summed E-state index contributed by atoms with van der Waals surface area (Å²) in [6.45, 7) is 0. The van der Waals surface area contributed by atoms with Gasteiger partial charge in [-0.05, 0) is 58.3 Å². The highest BCUT2D eigenvalue weighted by atomic mass is 79.9. The van der Waals surface area contributed by atoms with Crippen molar-refractivity contribution in [2.45, 2.75) is 9.79 Å². The molecule has 0 aromatic heterocycles. The molecule has 0 aliphatic carbocycles. The summed E-state index contributed by atoms with van der Waals surface area (Å²) in [6.07, 6.45) is 3.35. The molecule has 0 N–H and O–H groups in total. The van der Waals surface area contributed by atoms with E-state index in [1.807, 2.05) is 54.6 Å². The lowest BCUT2D eigenvalue weighted by molar-refractivity contribution is 0.686. The van der Waals surface area contributed by atoms with Crippen LogP contribution < -0.4 is 0 Å². The number of hydrogen-bond acceptors (Lipinski definition) is 2. The van der Waals surface area contributed by atoms with Gasteiger partial charge in [-0.25, -0.2) is 0 Å². The molecule has 0 radical (unpaired) electrons. The van der Waals surface area contributed by atoms with Gasteiger partial charge in [-0.15, -0.1) is 0 Å². The summed E-state index contributed by atoms with van der Waals surface area (Å²) < 4.78 is 25.4. The second-order valence-electron chi connectivity index (χ2n) is 6.91. The van der Waals surface area contributed by atoms with E-state index in [0.29, 0.717) is 9.92 Å². The van der Waals surface area contributed by atoms with E-state index in [0.717, 1.165) is 42.4 Å². The van der Waals surface area contributed by atoms with Gasteiger partial charge < -0.3 is 0 Å². The Morgan fingerprint density at radius 3 is 1.83 bits per heavy atom. The van der Waals surface area contributed by atoms with Crippen molar-refractivity contribution in [3.63, 3.8) is 0 Å². The van der Waals surface area contributed by atoms with E-state index < -0.39 is 21.6 Å². The van der Waals surface area contributed by atoms with E-state index in [9.17, 15) is 8.42 Å². The molecule has 0 saturated carbocycles. The first-order valence-corrected chi connectivity index (χ1v) is 13.4. The lowest BCUT2D eigenvalue weighted by Gasteiger charge is -2.13. The molecule has 2 nitrogen and oxygen atoms in total. The molecule has 0 aliphatic heterocycles. The molecule has 4 rings (SSSR count). The van der Waals surface area contributed by atoms with Crippen molar-refractivity contribution >= 4 is 59.9 Å². The van der Waals surface area contributed by atoms with Crippen LogP contribution in [0.25, 0.3) is 33.0 Å². The number of halogens is 2. The van der Waals surface area contributed by atoms with Gasteiger partial charge in [0.05, 0.1) is 21.6 Å². The van der Waals surface area contributed by atoms with E-state index in [1.54, 1.807) is 12.5 Å². The quantitative estimate of drug-likeness (QED) is 0.290. The molecule has 4 aromatic rings. The zero-order valence-electron chi connectivity index (χ0n) is 16.3. The van der Waals surface area contributed by atoms with Gasteiger partial charge in [-0.3, -0.25) is 8.42 Å². The maximum absolute atomic E-state index is 12.3. The van der Waals surface area contributed by atoms with Crippen molar-refractivity contribution in [1.82, 2.24) is 0 Å². The number of fused-ring (bicyclic) bond motifs is 1. The molecule has 6 heteroatoms. The van der Waals surface area contributed by atoms with Crippen LogP contribution in [-0.4, -0.2) is 20.9 Å². The van der Waals surface area contributed by atoms with Gasteiger partial charge in [0.1, 0.15) is 0 Å². The summed E-state index contributed by atoms with van der Waals surface area (Å²) >= 11 is 10.1. The van der Waals surface area contributed by atoms with Crippen molar-refractivity contribution < 1.29 is 8.42 Å². The average Bonchev–Trinajstić information content (AvgIpc) is 2.72. The van der Waals surface area contributed by atoms with Crippen LogP contribution in [0.4, 0.5) is 0 Å². The molecule has 4 aromatic carbocycles. The molecular weight excluding hydrogens is 500 g/mol. The van der Waals surface area contributed by atoms with Gasteiger partial charge in [-0.1, -0.05) is 63.9 Å². The van der Waals surface area contributed by atoms with Gasteiger partial charge in [0.15, 0.2) is 0 Å². The summed E-state index contributed by atoms with van der Waals surface area (Å²) in [5.74, 6) is 0. The van der Waals surface area contributed by atoms with Crippen LogP contribution >= 0.6 is 27.5 Å². The lowest BCUT2D eigenvalue weighted by Crippen LogP contribution is -1.94. The van der Waals surface area contributed by atoms with Crippen LogP contribution in [0.5, 0.6) is 0 Å². The summed E-state index contributed by atoms with van der Waals surface area (Å²) in [4.78, 5) is 1.50. The molecule has 0 amide bonds. The Balaban J connectivity index is 1.93. The van der Waals surface area contributed by atoms with E-state index >= 15 is 0 Å². The third kappa shape index (κ3) is 4.04. The predicted octanol–water partition coefficient (Wildman–Crippen LogP) is 7.06. The molecular formula is C24H18BrClO2S2. The summed E-state index contributed by atoms with van der Waals surface area (Å²) in [5, 5.41) is 2.69. The van der Waals surface area contributed by atoms with Crippen molar-refractivity contribution in [1.29, 1.82) is 0 Å². The molecule has 0 aliphatic rings. The van der Waals surface area contributed by atoms with Gasteiger partial charge in [-0.2, -0.15) is 0 Å². The monoisotopic (exact) mass is 516 g/mol. The molecule has 0 saturated heterocycles. The summed E-state index contributed by atoms with van der Waals surface area (Å²) in [7, 11) is -2.27. The summed E-state index contributed by atoms with van der Waals surface area (Å²) in [6, 6.07) is 23.5. The molecule has 0 bridgehead atoms. The van der Waals surface area contributed by atoms with E-state index in [-0.39, 0.29) is 0 Å². The minimum absolute atomic E-state index is 0.577. The molecule has 0 heterocycles. The largest absolute Gasteiger partial charge is 0.255 e. The molecule has 152 valence electrons. The molecule has 2 atom stereocenters. The fourth-order valence-corrected chi connectivity index (χ4v) is 6.24. The van der Waals surface area contributed by atoms with Crippen LogP contribution in [0.3, 0.4) is 0 Å². The van der Waals surface area contributed by atoms with E-state index in [2.05, 4.69) is 34.1 Å². The third-order valence-corrected chi connectivity index (χ3v) is 7.88. The Kier molecular flexibility index (Phi) is 6.26. The first-order chi connectivity index (χ1) is 14.4. The van der Waals surface area contributed by atoms with Crippen molar-refractivity contribution in [2.75, 3.05) is 12.5 Å². The van der Waals surface area contributed by atoms with Gasteiger partial charge in [0.2, 0.25) is 0 Å². The minimum atomic E-state index is -1.16. The third-order valence-electron chi connectivity index (χ3n) is 4.99. The Labute approximate surface area is 194 Å². The van der Waals surface area contributed by atoms with Crippen molar-refractivity contribution in [2.24, 2.45) is 0 Å². The SMILES string of the molecule is CS(=O)c1cccc(Cl)c1-c1ccc2ccc(-c3c(Br)cccc3S(C)=O)cc2c1. The number of hydrogen-bond donors (Lipinski definition) is 0. The van der Waals surface area contributed by atoms with Crippen LogP contribution in [0.15, 0.2) is 87.1 Å². The highest BCUT2D eigenvalue weighted by Crippen LogP contribution is 2.38. The second kappa shape index (κ2) is 8.75. The van der Waals surface area contributed by atoms with Gasteiger partial charge in [0.25, 0.3) is 0 Å². The zero-order valence-corrected chi connectivity index (χ0v) is 20.3. The van der Waals surface area contributed by atoms with Crippen LogP contribution in [0.2, 0.25) is 5.02 Å². The molecule has 2 unspecified atom stereocenters. The van der Waals surface area contributed by atoms with Crippen molar-refractivity contribution in [3.8, 4) is 22.3 Å². The average molecular weight is 518 g/mol. The highest BCUT2D eigenvalue weighted by Gasteiger charge is 2.15. The van der Waals surface area contributed by atoms with Crippen LogP contribution in [0, 0.1) is 0 Å². The number of benzene rings is 4. The highest BCUT2D eigenvalue weighted by molar-refractivity contribution is 9.10. The van der Waals surface area contributed by atoms with Gasteiger partial charge in [0, 0.05) is 42.9 Å². The maximum atomic E-state index is 12.3. The Bertz CT molecular complexity index is 1240. The van der Waals surface area contributed by atoms with Crippen molar-refractivity contribution in [3.05, 3.63) is 82.3 Å². The minimum Gasteiger partial charge on any atom is -0.255 e. The normalized spacial score (nSPS) is 13.3. The fourth-order valence-electron chi connectivity index (χ4n) is 3.61. The van der Waals surface area contributed by atoms with E-state index in [4.69, 9.17) is 11.6 Å². The number of rotatable bonds is 4. The Morgan fingerprint density at radius 2 is 1.23 bits per heavy atom.